The highest BCUT2D eigenvalue weighted by Crippen LogP contribution is 2.17. The average molecular weight is 157 g/mol. The van der Waals surface area contributed by atoms with E-state index in [1.807, 2.05) is 0 Å². The van der Waals surface area contributed by atoms with Crippen molar-refractivity contribution in [2.45, 2.75) is 19.4 Å². The Labute approximate surface area is 65.1 Å². The molecule has 0 saturated carbocycles. The standard InChI is InChI=1S/C7H11NO3/c1-5(9)8-4-3-6(8)7(10)11-2/h6H,3-4H2,1-2H3/t6-/m0/s1. The molecule has 62 valence electrons. The Hall–Kier alpha value is -1.06. The van der Waals surface area contributed by atoms with Crippen LogP contribution in [-0.4, -0.2) is 36.5 Å². The maximum atomic E-state index is 10.9. The van der Waals surface area contributed by atoms with Gasteiger partial charge in [-0.1, -0.05) is 0 Å². The molecule has 0 N–H and O–H groups in total. The number of amides is 1. The van der Waals surface area contributed by atoms with Crippen LogP contribution in [0.4, 0.5) is 0 Å². The van der Waals surface area contributed by atoms with Crippen molar-refractivity contribution in [3.05, 3.63) is 0 Å². The third-order valence-electron chi connectivity index (χ3n) is 1.90. The predicted molar refractivity (Wildman–Crippen MR) is 37.8 cm³/mol. The van der Waals surface area contributed by atoms with Gasteiger partial charge in [-0.15, -0.1) is 0 Å². The van der Waals surface area contributed by atoms with Gasteiger partial charge in [0.15, 0.2) is 0 Å². The maximum absolute atomic E-state index is 10.9. The summed E-state index contributed by atoms with van der Waals surface area (Å²) in [5, 5.41) is 0. The number of carbonyl (C=O) groups excluding carboxylic acids is 2. The molecule has 1 heterocycles. The Bertz CT molecular complexity index is 190. The number of methoxy groups -OCH3 is 1. The molecule has 0 aliphatic carbocycles. The minimum Gasteiger partial charge on any atom is -0.467 e. The van der Waals surface area contributed by atoms with Gasteiger partial charge < -0.3 is 9.64 Å². The first-order chi connectivity index (χ1) is 5.16. The number of rotatable bonds is 1. The Balaban J connectivity index is 2.49. The molecular weight excluding hydrogens is 146 g/mol. The van der Waals surface area contributed by atoms with Gasteiger partial charge in [0, 0.05) is 13.5 Å². The minimum atomic E-state index is -0.322. The first kappa shape index (κ1) is 8.04. The SMILES string of the molecule is COC(=O)[C@@H]1CCN1C(C)=O. The van der Waals surface area contributed by atoms with Crippen molar-refractivity contribution in [3.63, 3.8) is 0 Å². The second kappa shape index (κ2) is 2.90. The van der Waals surface area contributed by atoms with Crippen molar-refractivity contribution in [1.29, 1.82) is 0 Å². The smallest absolute Gasteiger partial charge is 0.328 e. The van der Waals surface area contributed by atoms with E-state index in [2.05, 4.69) is 4.74 Å². The topological polar surface area (TPSA) is 46.6 Å². The Morgan fingerprint density at radius 3 is 2.45 bits per heavy atom. The van der Waals surface area contributed by atoms with E-state index in [4.69, 9.17) is 0 Å². The third-order valence-corrected chi connectivity index (χ3v) is 1.90. The number of likely N-dealkylation sites (tertiary alicyclic amines) is 1. The van der Waals surface area contributed by atoms with Gasteiger partial charge in [-0.25, -0.2) is 4.79 Å². The van der Waals surface area contributed by atoms with Crippen LogP contribution < -0.4 is 0 Å². The highest BCUT2D eigenvalue weighted by molar-refractivity contribution is 5.85. The largest absolute Gasteiger partial charge is 0.467 e. The highest BCUT2D eigenvalue weighted by atomic mass is 16.5. The zero-order valence-electron chi connectivity index (χ0n) is 6.66. The minimum absolute atomic E-state index is 0.0633. The molecule has 0 unspecified atom stereocenters. The van der Waals surface area contributed by atoms with Gasteiger partial charge in [0.1, 0.15) is 6.04 Å². The van der Waals surface area contributed by atoms with Crippen LogP contribution in [0, 0.1) is 0 Å². The first-order valence-electron chi connectivity index (χ1n) is 3.52. The van der Waals surface area contributed by atoms with Crippen molar-refractivity contribution >= 4 is 11.9 Å². The lowest BCUT2D eigenvalue weighted by atomic mass is 10.0. The molecule has 4 nitrogen and oxygen atoms in total. The Morgan fingerprint density at radius 1 is 1.55 bits per heavy atom. The number of hydrogen-bond donors (Lipinski definition) is 0. The Kier molecular flexibility index (Phi) is 2.12. The molecule has 1 fully saturated rings. The van der Waals surface area contributed by atoms with Gasteiger partial charge in [-0.05, 0) is 6.42 Å². The lowest BCUT2D eigenvalue weighted by molar-refractivity contribution is -0.158. The molecule has 1 aliphatic heterocycles. The lowest BCUT2D eigenvalue weighted by Crippen LogP contribution is -2.54. The summed E-state index contributed by atoms with van der Waals surface area (Å²) in [6, 6.07) is -0.322. The second-order valence-corrected chi connectivity index (χ2v) is 2.54. The van der Waals surface area contributed by atoms with Crippen LogP contribution in [0.25, 0.3) is 0 Å². The summed E-state index contributed by atoms with van der Waals surface area (Å²) in [6.07, 6.45) is 0.728. The number of hydrogen-bond acceptors (Lipinski definition) is 3. The van der Waals surface area contributed by atoms with Gasteiger partial charge in [0.25, 0.3) is 0 Å². The summed E-state index contributed by atoms with van der Waals surface area (Å²) in [5.41, 5.74) is 0. The number of carbonyl (C=O) groups is 2. The van der Waals surface area contributed by atoms with E-state index in [1.54, 1.807) is 0 Å². The molecule has 0 aromatic carbocycles. The molecule has 0 spiro atoms. The van der Waals surface area contributed by atoms with Crippen molar-refractivity contribution in [2.24, 2.45) is 0 Å². The van der Waals surface area contributed by atoms with Crippen molar-refractivity contribution < 1.29 is 14.3 Å². The zero-order chi connectivity index (χ0) is 8.43. The number of ether oxygens (including phenoxy) is 1. The van der Waals surface area contributed by atoms with E-state index >= 15 is 0 Å². The van der Waals surface area contributed by atoms with E-state index in [0.717, 1.165) is 6.42 Å². The summed E-state index contributed by atoms with van der Waals surface area (Å²) in [4.78, 5) is 23.2. The van der Waals surface area contributed by atoms with E-state index in [0.29, 0.717) is 6.54 Å². The molecule has 1 atom stereocenters. The van der Waals surface area contributed by atoms with Gasteiger partial charge in [0.05, 0.1) is 7.11 Å². The van der Waals surface area contributed by atoms with Crippen LogP contribution in [0.2, 0.25) is 0 Å². The fourth-order valence-electron chi connectivity index (χ4n) is 1.15. The average Bonchev–Trinajstić information content (AvgIpc) is 1.83. The maximum Gasteiger partial charge on any atom is 0.328 e. The number of nitrogens with zero attached hydrogens (tertiary/aromatic N) is 1. The summed E-state index contributed by atoms with van der Waals surface area (Å²) < 4.78 is 4.50. The molecule has 0 aromatic rings. The molecule has 1 aliphatic rings. The van der Waals surface area contributed by atoms with E-state index in [1.165, 1.54) is 18.9 Å². The first-order valence-corrected chi connectivity index (χ1v) is 3.52. The van der Waals surface area contributed by atoms with Crippen LogP contribution in [0.5, 0.6) is 0 Å². The van der Waals surface area contributed by atoms with Crippen LogP contribution in [-0.2, 0) is 14.3 Å². The second-order valence-electron chi connectivity index (χ2n) is 2.54. The molecule has 1 amide bonds. The van der Waals surface area contributed by atoms with E-state index in [-0.39, 0.29) is 17.9 Å². The molecule has 1 saturated heterocycles. The molecule has 4 heteroatoms. The molecule has 1 rings (SSSR count). The summed E-state index contributed by atoms with van der Waals surface area (Å²) in [5.74, 6) is -0.377. The predicted octanol–water partition coefficient (Wildman–Crippen LogP) is -0.220. The number of esters is 1. The van der Waals surface area contributed by atoms with Crippen LogP contribution in [0.15, 0.2) is 0 Å². The Morgan fingerprint density at radius 2 is 2.18 bits per heavy atom. The van der Waals surface area contributed by atoms with E-state index in [9.17, 15) is 9.59 Å². The fraction of sp³-hybridized carbons (Fsp3) is 0.714. The van der Waals surface area contributed by atoms with Crippen LogP contribution >= 0.6 is 0 Å². The van der Waals surface area contributed by atoms with E-state index < -0.39 is 0 Å². The summed E-state index contributed by atoms with van der Waals surface area (Å²) in [7, 11) is 1.33. The highest BCUT2D eigenvalue weighted by Gasteiger charge is 2.36. The molecular formula is C7H11NO3. The molecule has 11 heavy (non-hydrogen) atoms. The molecule has 0 bridgehead atoms. The van der Waals surface area contributed by atoms with Crippen LogP contribution in [0.1, 0.15) is 13.3 Å². The lowest BCUT2D eigenvalue weighted by Gasteiger charge is -2.37. The van der Waals surface area contributed by atoms with Gasteiger partial charge >= 0.3 is 5.97 Å². The van der Waals surface area contributed by atoms with Crippen molar-refractivity contribution in [1.82, 2.24) is 4.90 Å². The van der Waals surface area contributed by atoms with Crippen molar-refractivity contribution in [3.8, 4) is 0 Å². The van der Waals surface area contributed by atoms with Gasteiger partial charge in [0.2, 0.25) is 5.91 Å². The molecule has 0 radical (unpaired) electrons. The third kappa shape index (κ3) is 1.34. The van der Waals surface area contributed by atoms with Gasteiger partial charge in [-0.3, -0.25) is 4.79 Å². The summed E-state index contributed by atoms with van der Waals surface area (Å²) >= 11 is 0. The zero-order valence-corrected chi connectivity index (χ0v) is 6.66. The fourth-order valence-corrected chi connectivity index (χ4v) is 1.15. The van der Waals surface area contributed by atoms with Crippen molar-refractivity contribution in [2.75, 3.05) is 13.7 Å². The quantitative estimate of drug-likeness (QED) is 0.494. The normalized spacial score (nSPS) is 22.4. The van der Waals surface area contributed by atoms with Crippen LogP contribution in [0.3, 0.4) is 0 Å². The summed E-state index contributed by atoms with van der Waals surface area (Å²) in [6.45, 7) is 2.13. The van der Waals surface area contributed by atoms with Gasteiger partial charge in [-0.2, -0.15) is 0 Å². The molecule has 0 aromatic heterocycles. The monoisotopic (exact) mass is 157 g/mol.